The molecule has 7 nitrogen and oxygen atoms in total. The molecule has 5 rings (SSSR count). The van der Waals surface area contributed by atoms with Crippen LogP contribution in [0.2, 0.25) is 0 Å². The van der Waals surface area contributed by atoms with Crippen molar-refractivity contribution in [3.63, 3.8) is 0 Å². The van der Waals surface area contributed by atoms with Crippen molar-refractivity contribution in [2.24, 2.45) is 0 Å². The average Bonchev–Trinajstić information content (AvgIpc) is 3.42. The van der Waals surface area contributed by atoms with E-state index >= 15 is 0 Å². The van der Waals surface area contributed by atoms with Crippen molar-refractivity contribution in [1.82, 2.24) is 9.80 Å². The third-order valence-electron chi connectivity index (χ3n) is 6.60. The molecule has 0 radical (unpaired) electrons. The summed E-state index contributed by atoms with van der Waals surface area (Å²) in [5.74, 6) is 0.394. The molecule has 0 saturated carbocycles. The largest absolute Gasteiger partial charge is 0.482 e. The molecule has 0 aromatic heterocycles. The second-order valence-corrected chi connectivity index (χ2v) is 8.32. The zero-order valence-electron chi connectivity index (χ0n) is 17.5. The van der Waals surface area contributed by atoms with E-state index in [1.807, 2.05) is 47.4 Å². The number of nitrogens with zero attached hydrogens (tertiary/aromatic N) is 2. The minimum Gasteiger partial charge on any atom is -0.482 e. The number of carbonyl (C=O) groups excluding carboxylic acids is 2. The Morgan fingerprint density at radius 3 is 2.68 bits per heavy atom. The van der Waals surface area contributed by atoms with Crippen LogP contribution in [0.15, 0.2) is 54.6 Å². The van der Waals surface area contributed by atoms with Gasteiger partial charge in [-0.05, 0) is 23.3 Å². The highest BCUT2D eigenvalue weighted by Crippen LogP contribution is 2.50. The first-order valence-corrected chi connectivity index (χ1v) is 10.6. The van der Waals surface area contributed by atoms with Gasteiger partial charge in [-0.3, -0.25) is 9.69 Å². The summed E-state index contributed by atoms with van der Waals surface area (Å²) < 4.78 is 16.6. The standard InChI is InChI=1S/C24H26N2O5/c1-29-23(28)16-30-19-9-7-17(8-10-19)14-25-12-11-24-21(25)13-22(27)26(24)15-20(31-24)18-5-3-2-4-6-18/h2-10,20-21H,11-16H2,1H3/t20-,21+,24-/m0/s1. The van der Waals surface area contributed by atoms with Gasteiger partial charge in [0.15, 0.2) is 12.3 Å². The smallest absolute Gasteiger partial charge is 0.343 e. The summed E-state index contributed by atoms with van der Waals surface area (Å²) in [5.41, 5.74) is 1.74. The SMILES string of the molecule is COC(=O)COc1ccc(CN2CC[C@@]34O[C@H](c5ccccc5)CN3C(=O)C[C@@H]24)cc1. The number of benzene rings is 2. The molecule has 3 aliphatic heterocycles. The maximum Gasteiger partial charge on any atom is 0.343 e. The maximum atomic E-state index is 12.8. The molecule has 1 spiro atoms. The van der Waals surface area contributed by atoms with E-state index in [2.05, 4.69) is 21.8 Å². The summed E-state index contributed by atoms with van der Waals surface area (Å²) in [6, 6.07) is 17.9. The molecule has 0 unspecified atom stereocenters. The Labute approximate surface area is 181 Å². The molecule has 2 aromatic rings. The monoisotopic (exact) mass is 422 g/mol. The van der Waals surface area contributed by atoms with E-state index in [-0.39, 0.29) is 24.7 Å². The zero-order valence-corrected chi connectivity index (χ0v) is 17.5. The minimum absolute atomic E-state index is 0.0592. The number of hydrogen-bond donors (Lipinski definition) is 0. The van der Waals surface area contributed by atoms with Crippen molar-refractivity contribution in [3.8, 4) is 5.75 Å². The van der Waals surface area contributed by atoms with Gasteiger partial charge in [-0.1, -0.05) is 42.5 Å². The Hall–Kier alpha value is -2.90. The van der Waals surface area contributed by atoms with E-state index < -0.39 is 11.7 Å². The Kier molecular flexibility index (Phi) is 5.16. The number of rotatable bonds is 6. The summed E-state index contributed by atoms with van der Waals surface area (Å²) in [5, 5.41) is 0. The van der Waals surface area contributed by atoms with Crippen LogP contribution in [0.5, 0.6) is 5.75 Å². The van der Waals surface area contributed by atoms with Gasteiger partial charge in [0, 0.05) is 25.9 Å². The second kappa shape index (κ2) is 7.98. The lowest BCUT2D eigenvalue weighted by Crippen LogP contribution is -2.47. The number of methoxy groups -OCH3 is 1. The third-order valence-corrected chi connectivity index (χ3v) is 6.60. The molecule has 3 atom stereocenters. The first-order valence-electron chi connectivity index (χ1n) is 10.6. The highest BCUT2D eigenvalue weighted by atomic mass is 16.6. The molecule has 0 N–H and O–H groups in total. The van der Waals surface area contributed by atoms with Gasteiger partial charge in [0.1, 0.15) is 11.9 Å². The Morgan fingerprint density at radius 1 is 1.16 bits per heavy atom. The Bertz CT molecular complexity index is 964. The van der Waals surface area contributed by atoms with Crippen molar-refractivity contribution in [2.75, 3.05) is 26.8 Å². The molecule has 0 bridgehead atoms. The third kappa shape index (κ3) is 3.58. The molecule has 3 heterocycles. The van der Waals surface area contributed by atoms with Gasteiger partial charge in [0.05, 0.1) is 19.7 Å². The van der Waals surface area contributed by atoms with Gasteiger partial charge < -0.3 is 19.1 Å². The fraction of sp³-hybridized carbons (Fsp3) is 0.417. The van der Waals surface area contributed by atoms with Gasteiger partial charge in [-0.15, -0.1) is 0 Å². The van der Waals surface area contributed by atoms with Crippen molar-refractivity contribution < 1.29 is 23.8 Å². The van der Waals surface area contributed by atoms with Gasteiger partial charge in [0.25, 0.3) is 0 Å². The van der Waals surface area contributed by atoms with Crippen LogP contribution in [0.3, 0.4) is 0 Å². The zero-order chi connectivity index (χ0) is 21.4. The van der Waals surface area contributed by atoms with Gasteiger partial charge in [-0.25, -0.2) is 4.79 Å². The van der Waals surface area contributed by atoms with Crippen molar-refractivity contribution >= 4 is 11.9 Å². The van der Waals surface area contributed by atoms with Gasteiger partial charge >= 0.3 is 5.97 Å². The predicted octanol–water partition coefficient (Wildman–Crippen LogP) is 2.51. The molecule has 0 aliphatic carbocycles. The molecule has 31 heavy (non-hydrogen) atoms. The van der Waals surface area contributed by atoms with Crippen LogP contribution in [-0.4, -0.2) is 60.2 Å². The van der Waals surface area contributed by atoms with Crippen molar-refractivity contribution in [2.45, 2.75) is 37.3 Å². The summed E-state index contributed by atoms with van der Waals surface area (Å²) in [7, 11) is 1.34. The quantitative estimate of drug-likeness (QED) is 0.667. The first-order chi connectivity index (χ1) is 15.1. The maximum absolute atomic E-state index is 12.8. The van der Waals surface area contributed by atoms with E-state index in [0.29, 0.717) is 18.7 Å². The predicted molar refractivity (Wildman–Crippen MR) is 112 cm³/mol. The van der Waals surface area contributed by atoms with Gasteiger partial charge in [0.2, 0.25) is 5.91 Å². The normalized spacial score (nSPS) is 27.3. The lowest BCUT2D eigenvalue weighted by molar-refractivity contribution is -0.143. The fourth-order valence-corrected chi connectivity index (χ4v) is 5.07. The lowest BCUT2D eigenvalue weighted by Gasteiger charge is -2.32. The van der Waals surface area contributed by atoms with Crippen molar-refractivity contribution in [3.05, 3.63) is 65.7 Å². The highest BCUT2D eigenvalue weighted by Gasteiger charge is 2.63. The first kappa shape index (κ1) is 20.0. The molecule has 3 aliphatic rings. The summed E-state index contributed by atoms with van der Waals surface area (Å²) >= 11 is 0. The molecular formula is C24H26N2O5. The molecule has 162 valence electrons. The average molecular weight is 422 g/mol. The number of amides is 1. The topological polar surface area (TPSA) is 68.3 Å². The summed E-state index contributed by atoms with van der Waals surface area (Å²) in [6.07, 6.45) is 1.26. The Balaban J connectivity index is 1.27. The van der Waals surface area contributed by atoms with Crippen LogP contribution in [0.1, 0.15) is 30.1 Å². The number of likely N-dealkylation sites (tertiary alicyclic amines) is 1. The summed E-state index contributed by atoms with van der Waals surface area (Å²) in [6.45, 7) is 2.14. The summed E-state index contributed by atoms with van der Waals surface area (Å²) in [4.78, 5) is 28.3. The van der Waals surface area contributed by atoms with Crippen LogP contribution in [-0.2, 0) is 25.6 Å². The van der Waals surface area contributed by atoms with Crippen molar-refractivity contribution in [1.29, 1.82) is 0 Å². The Morgan fingerprint density at radius 2 is 1.94 bits per heavy atom. The van der Waals surface area contributed by atoms with Crippen LogP contribution < -0.4 is 4.74 Å². The molecule has 2 aromatic carbocycles. The number of hydrogen-bond acceptors (Lipinski definition) is 6. The van der Waals surface area contributed by atoms with Crippen LogP contribution in [0.25, 0.3) is 0 Å². The van der Waals surface area contributed by atoms with E-state index in [0.717, 1.165) is 30.6 Å². The molecule has 7 heteroatoms. The van der Waals surface area contributed by atoms with E-state index in [1.165, 1.54) is 7.11 Å². The lowest BCUT2D eigenvalue weighted by atomic mass is 10.1. The molecule has 3 fully saturated rings. The van der Waals surface area contributed by atoms with Crippen LogP contribution in [0, 0.1) is 0 Å². The highest BCUT2D eigenvalue weighted by molar-refractivity contribution is 5.81. The van der Waals surface area contributed by atoms with E-state index in [4.69, 9.17) is 9.47 Å². The number of esters is 1. The molecular weight excluding hydrogens is 396 g/mol. The van der Waals surface area contributed by atoms with Crippen LogP contribution in [0.4, 0.5) is 0 Å². The number of carbonyl (C=O) groups is 2. The van der Waals surface area contributed by atoms with E-state index in [1.54, 1.807) is 0 Å². The molecule has 1 amide bonds. The number of ether oxygens (including phenoxy) is 3. The van der Waals surface area contributed by atoms with Crippen LogP contribution >= 0.6 is 0 Å². The van der Waals surface area contributed by atoms with Gasteiger partial charge in [-0.2, -0.15) is 0 Å². The molecule has 3 saturated heterocycles. The second-order valence-electron chi connectivity index (χ2n) is 8.32. The van der Waals surface area contributed by atoms with E-state index in [9.17, 15) is 9.59 Å². The minimum atomic E-state index is -0.513. The fourth-order valence-electron chi connectivity index (χ4n) is 5.07.